The van der Waals surface area contributed by atoms with Crippen molar-refractivity contribution >= 4 is 29.0 Å². The Balaban J connectivity index is 1.79. The number of nitrogens with one attached hydrogen (secondary N) is 1. The average molecular weight is 303 g/mol. The van der Waals surface area contributed by atoms with Crippen molar-refractivity contribution in [3.05, 3.63) is 58.6 Å². The monoisotopic (exact) mass is 302 g/mol. The van der Waals surface area contributed by atoms with Gasteiger partial charge in [0.25, 0.3) is 0 Å². The normalized spacial score (nSPS) is 14.6. The molecular formula is C15H11ClN2O3. The van der Waals surface area contributed by atoms with Gasteiger partial charge in [-0.25, -0.2) is 4.79 Å². The van der Waals surface area contributed by atoms with Crippen molar-refractivity contribution in [2.75, 3.05) is 12.0 Å². The van der Waals surface area contributed by atoms with Crippen molar-refractivity contribution in [1.82, 2.24) is 0 Å². The van der Waals surface area contributed by atoms with E-state index in [4.69, 9.17) is 21.4 Å². The lowest BCUT2D eigenvalue weighted by Crippen LogP contribution is -2.06. The zero-order valence-corrected chi connectivity index (χ0v) is 11.6. The predicted molar refractivity (Wildman–Crippen MR) is 80.5 cm³/mol. The van der Waals surface area contributed by atoms with Gasteiger partial charge in [-0.15, -0.1) is 0 Å². The minimum atomic E-state index is -0.958. The molecule has 1 heterocycles. The van der Waals surface area contributed by atoms with Crippen molar-refractivity contribution in [3.8, 4) is 5.75 Å². The highest BCUT2D eigenvalue weighted by atomic mass is 35.5. The van der Waals surface area contributed by atoms with Gasteiger partial charge in [-0.1, -0.05) is 11.6 Å². The summed E-state index contributed by atoms with van der Waals surface area (Å²) >= 11 is 5.97. The Hall–Kier alpha value is -2.53. The van der Waals surface area contributed by atoms with Gasteiger partial charge in [-0.2, -0.15) is 5.10 Å². The topological polar surface area (TPSA) is 70.9 Å². The third kappa shape index (κ3) is 2.83. The van der Waals surface area contributed by atoms with Crippen LogP contribution in [0.1, 0.15) is 15.9 Å². The fourth-order valence-corrected chi connectivity index (χ4v) is 2.16. The number of nitrogens with zero attached hydrogens (tertiary/aromatic N) is 1. The van der Waals surface area contributed by atoms with E-state index in [9.17, 15) is 4.79 Å². The molecular weight excluding hydrogens is 292 g/mol. The molecule has 0 fully saturated rings. The van der Waals surface area contributed by atoms with E-state index in [1.807, 2.05) is 6.07 Å². The Labute approximate surface area is 125 Å². The highest BCUT2D eigenvalue weighted by Gasteiger charge is 2.19. The number of carbonyl (C=O) groups is 1. The molecule has 0 aliphatic carbocycles. The molecule has 1 aliphatic rings. The number of ether oxygens (including phenoxy) is 1. The van der Waals surface area contributed by atoms with Crippen LogP contribution in [-0.4, -0.2) is 23.4 Å². The molecule has 2 aromatic carbocycles. The lowest BCUT2D eigenvalue weighted by Gasteiger charge is -2.02. The molecule has 0 bridgehead atoms. The van der Waals surface area contributed by atoms with Gasteiger partial charge in [0.05, 0.1) is 11.3 Å². The van der Waals surface area contributed by atoms with Crippen molar-refractivity contribution < 1.29 is 14.6 Å². The number of anilines is 1. The Morgan fingerprint density at radius 3 is 2.71 bits per heavy atom. The number of rotatable bonds is 3. The molecule has 0 amide bonds. The number of halogens is 1. The third-order valence-electron chi connectivity index (χ3n) is 3.07. The molecule has 106 valence electrons. The SMILES string of the molecule is O=C(O)c1ccc(N/N=C2/COc3ccc(Cl)cc32)cc1. The Bertz CT molecular complexity index is 726. The van der Waals surface area contributed by atoms with E-state index in [0.29, 0.717) is 17.3 Å². The fraction of sp³-hybridized carbons (Fsp3) is 0.0667. The first kappa shape index (κ1) is 13.5. The predicted octanol–water partition coefficient (Wildman–Crippen LogP) is 3.25. The molecule has 0 unspecified atom stereocenters. The van der Waals surface area contributed by atoms with Crippen molar-refractivity contribution in [2.24, 2.45) is 5.10 Å². The van der Waals surface area contributed by atoms with E-state index in [2.05, 4.69) is 10.5 Å². The lowest BCUT2D eigenvalue weighted by molar-refractivity contribution is 0.0697. The molecule has 6 heteroatoms. The molecule has 2 N–H and O–H groups in total. The van der Waals surface area contributed by atoms with Gasteiger partial charge in [0.15, 0.2) is 0 Å². The van der Waals surface area contributed by atoms with Crippen LogP contribution in [-0.2, 0) is 0 Å². The zero-order valence-electron chi connectivity index (χ0n) is 10.8. The minimum absolute atomic E-state index is 0.231. The number of fused-ring (bicyclic) bond motifs is 1. The van der Waals surface area contributed by atoms with E-state index in [1.54, 1.807) is 24.3 Å². The molecule has 0 aromatic heterocycles. The number of aromatic carboxylic acids is 1. The maximum absolute atomic E-state index is 10.8. The summed E-state index contributed by atoms with van der Waals surface area (Å²) in [6, 6.07) is 11.7. The van der Waals surface area contributed by atoms with Crippen LogP contribution in [0.15, 0.2) is 47.6 Å². The smallest absolute Gasteiger partial charge is 0.335 e. The number of hydrazone groups is 1. The number of hydrogen-bond acceptors (Lipinski definition) is 4. The first-order chi connectivity index (χ1) is 10.1. The summed E-state index contributed by atoms with van der Waals surface area (Å²) in [4.78, 5) is 10.8. The van der Waals surface area contributed by atoms with E-state index >= 15 is 0 Å². The summed E-state index contributed by atoms with van der Waals surface area (Å²) in [5, 5.41) is 13.7. The van der Waals surface area contributed by atoms with Gasteiger partial charge in [0, 0.05) is 10.6 Å². The zero-order chi connectivity index (χ0) is 14.8. The van der Waals surface area contributed by atoms with Crippen LogP contribution in [0.5, 0.6) is 5.75 Å². The van der Waals surface area contributed by atoms with Crippen LogP contribution in [0.2, 0.25) is 5.02 Å². The summed E-state index contributed by atoms with van der Waals surface area (Å²) < 4.78 is 5.50. The second-order valence-electron chi connectivity index (χ2n) is 4.48. The number of hydrogen-bond donors (Lipinski definition) is 2. The lowest BCUT2D eigenvalue weighted by atomic mass is 10.1. The van der Waals surface area contributed by atoms with Crippen molar-refractivity contribution in [1.29, 1.82) is 0 Å². The van der Waals surface area contributed by atoms with Crippen LogP contribution in [0.4, 0.5) is 5.69 Å². The summed E-state index contributed by atoms with van der Waals surface area (Å²) in [6.45, 7) is 0.371. The van der Waals surface area contributed by atoms with E-state index in [-0.39, 0.29) is 5.56 Å². The van der Waals surface area contributed by atoms with Crippen molar-refractivity contribution in [3.63, 3.8) is 0 Å². The molecule has 1 aliphatic heterocycles. The van der Waals surface area contributed by atoms with Crippen LogP contribution in [0, 0.1) is 0 Å². The third-order valence-corrected chi connectivity index (χ3v) is 3.30. The molecule has 0 saturated heterocycles. The average Bonchev–Trinajstić information content (AvgIpc) is 2.88. The standard InChI is InChI=1S/C15H11ClN2O3/c16-10-3-6-14-12(7-10)13(8-21-14)18-17-11-4-1-9(2-5-11)15(19)20/h1-7,17H,8H2,(H,19,20)/b18-13-. The van der Waals surface area contributed by atoms with Gasteiger partial charge < -0.3 is 9.84 Å². The summed E-state index contributed by atoms with van der Waals surface area (Å²) in [6.07, 6.45) is 0. The summed E-state index contributed by atoms with van der Waals surface area (Å²) in [5.74, 6) is -0.207. The van der Waals surface area contributed by atoms with Crippen LogP contribution >= 0.6 is 11.6 Å². The van der Waals surface area contributed by atoms with E-state index in [0.717, 1.165) is 17.0 Å². The molecule has 0 spiro atoms. The Morgan fingerprint density at radius 2 is 2.00 bits per heavy atom. The van der Waals surface area contributed by atoms with E-state index in [1.165, 1.54) is 12.1 Å². The van der Waals surface area contributed by atoms with Crippen LogP contribution < -0.4 is 10.2 Å². The number of carboxylic acid groups (broad SMARTS) is 1. The highest BCUT2D eigenvalue weighted by Crippen LogP contribution is 2.28. The van der Waals surface area contributed by atoms with Gasteiger partial charge >= 0.3 is 5.97 Å². The molecule has 0 saturated carbocycles. The summed E-state index contributed by atoms with van der Waals surface area (Å²) in [5.41, 5.74) is 5.42. The van der Waals surface area contributed by atoms with Gasteiger partial charge in [0.2, 0.25) is 0 Å². The molecule has 5 nitrogen and oxygen atoms in total. The number of carboxylic acids is 1. The molecule has 0 radical (unpaired) electrons. The Morgan fingerprint density at radius 1 is 1.24 bits per heavy atom. The van der Waals surface area contributed by atoms with Crippen LogP contribution in [0.25, 0.3) is 0 Å². The van der Waals surface area contributed by atoms with Crippen LogP contribution in [0.3, 0.4) is 0 Å². The molecule has 0 atom stereocenters. The fourth-order valence-electron chi connectivity index (χ4n) is 1.99. The minimum Gasteiger partial charge on any atom is -0.487 e. The molecule has 3 rings (SSSR count). The Kier molecular flexibility index (Phi) is 3.50. The van der Waals surface area contributed by atoms with Crippen molar-refractivity contribution in [2.45, 2.75) is 0 Å². The molecule has 21 heavy (non-hydrogen) atoms. The maximum Gasteiger partial charge on any atom is 0.335 e. The first-order valence-electron chi connectivity index (χ1n) is 6.22. The van der Waals surface area contributed by atoms with Gasteiger partial charge in [0.1, 0.15) is 18.1 Å². The largest absolute Gasteiger partial charge is 0.487 e. The van der Waals surface area contributed by atoms with Gasteiger partial charge in [-0.3, -0.25) is 5.43 Å². The summed E-state index contributed by atoms with van der Waals surface area (Å²) in [7, 11) is 0. The molecule has 2 aromatic rings. The highest BCUT2D eigenvalue weighted by molar-refractivity contribution is 6.31. The second-order valence-corrected chi connectivity index (χ2v) is 4.92. The van der Waals surface area contributed by atoms with Gasteiger partial charge in [-0.05, 0) is 42.5 Å². The second kappa shape index (κ2) is 5.46. The first-order valence-corrected chi connectivity index (χ1v) is 6.60. The quantitative estimate of drug-likeness (QED) is 0.854. The number of benzene rings is 2. The van der Waals surface area contributed by atoms with E-state index < -0.39 is 5.97 Å². The maximum atomic E-state index is 10.8.